The van der Waals surface area contributed by atoms with Gasteiger partial charge in [-0.15, -0.1) is 0 Å². The minimum atomic E-state index is -0.235. The Labute approximate surface area is 387 Å². The highest BCUT2D eigenvalue weighted by Gasteiger charge is 2.26. The average molecular weight is 866 g/mol. The van der Waals surface area contributed by atoms with E-state index in [1.165, 1.54) is 38.2 Å². The van der Waals surface area contributed by atoms with Crippen molar-refractivity contribution in [1.82, 2.24) is 24.1 Å². The van der Waals surface area contributed by atoms with E-state index in [-0.39, 0.29) is 10.8 Å². The van der Waals surface area contributed by atoms with Crippen LogP contribution in [0.5, 0.6) is 0 Å². The Balaban J connectivity index is 1.06. The Hall–Kier alpha value is -8.22. The summed E-state index contributed by atoms with van der Waals surface area (Å²) < 4.78 is 11.0. The van der Waals surface area contributed by atoms with Crippen LogP contribution in [-0.4, -0.2) is 24.1 Å². The van der Waals surface area contributed by atoms with Crippen molar-refractivity contribution in [2.75, 3.05) is 0 Å². The second-order valence-electron chi connectivity index (χ2n) is 19.6. The molecule has 6 nitrogen and oxygen atoms in total. The van der Waals surface area contributed by atoms with Crippen LogP contribution in [0, 0.1) is 0 Å². The van der Waals surface area contributed by atoms with Crippen molar-refractivity contribution in [2.45, 2.75) is 45.4 Å². The van der Waals surface area contributed by atoms with Crippen molar-refractivity contribution in [3.05, 3.63) is 205 Å². The fourth-order valence-corrected chi connectivity index (χ4v) is 10.5. The predicted molar refractivity (Wildman–Crippen MR) is 278 cm³/mol. The maximum absolute atomic E-state index is 6.32. The number of nitrogens with zero attached hydrogens (tertiary/aromatic N) is 4. The van der Waals surface area contributed by atoms with E-state index in [0.717, 1.165) is 89.1 Å². The van der Waals surface area contributed by atoms with Gasteiger partial charge in [0.15, 0.2) is 0 Å². The van der Waals surface area contributed by atoms with Crippen molar-refractivity contribution < 1.29 is 4.42 Å². The molecule has 6 heteroatoms. The molecule has 13 aromatic rings. The van der Waals surface area contributed by atoms with Gasteiger partial charge in [-0.05, 0) is 100 Å². The van der Waals surface area contributed by atoms with Crippen LogP contribution in [0.1, 0.15) is 51.3 Å². The number of fused-ring (bicyclic) bond motifs is 10. The number of pyridine rings is 1. The van der Waals surface area contributed by atoms with Crippen LogP contribution in [0.25, 0.3) is 111 Å². The first kappa shape index (κ1) is 39.2. The van der Waals surface area contributed by atoms with Gasteiger partial charge >= 0.3 is 0 Å². The van der Waals surface area contributed by atoms with Gasteiger partial charge in [0, 0.05) is 66.3 Å². The van der Waals surface area contributed by atoms with Gasteiger partial charge in [0.25, 0.3) is 0 Å². The van der Waals surface area contributed by atoms with Crippen molar-refractivity contribution in [2.24, 2.45) is 0 Å². The number of aromatic amines is 1. The molecule has 0 saturated carbocycles. The van der Waals surface area contributed by atoms with E-state index in [4.69, 9.17) is 14.4 Å². The normalized spacial score (nSPS) is 12.6. The van der Waals surface area contributed by atoms with Crippen molar-refractivity contribution in [3.63, 3.8) is 0 Å². The third-order valence-electron chi connectivity index (χ3n) is 14.2. The molecule has 5 heterocycles. The number of imidazole rings is 1. The summed E-state index contributed by atoms with van der Waals surface area (Å²) >= 11 is 0. The van der Waals surface area contributed by atoms with Crippen molar-refractivity contribution in [3.8, 4) is 34.0 Å². The molecule has 67 heavy (non-hydrogen) atoms. The summed E-state index contributed by atoms with van der Waals surface area (Å²) in [5.74, 6) is 1.75. The molecule has 0 aliphatic carbocycles. The molecule has 0 fully saturated rings. The number of aromatic nitrogens is 5. The maximum Gasteiger partial charge on any atom is 0.147 e. The van der Waals surface area contributed by atoms with Crippen molar-refractivity contribution in [1.29, 1.82) is 0 Å². The van der Waals surface area contributed by atoms with E-state index in [1.807, 2.05) is 18.3 Å². The van der Waals surface area contributed by atoms with E-state index < -0.39 is 0 Å². The Morgan fingerprint density at radius 2 is 1.24 bits per heavy atom. The molecule has 0 bridgehead atoms. The number of hydrogen-bond acceptors (Lipinski definition) is 3. The highest BCUT2D eigenvalue weighted by molar-refractivity contribution is 6.13. The maximum atomic E-state index is 6.32. The van der Waals surface area contributed by atoms with Crippen LogP contribution in [0.15, 0.2) is 193 Å². The second-order valence-corrected chi connectivity index (χ2v) is 19.6. The summed E-state index contributed by atoms with van der Waals surface area (Å²) in [6.45, 7) is 11.4. The lowest BCUT2D eigenvalue weighted by Crippen LogP contribution is -2.19. The van der Waals surface area contributed by atoms with Crippen LogP contribution >= 0.6 is 0 Å². The van der Waals surface area contributed by atoms with Crippen molar-refractivity contribution >= 4 is 76.6 Å². The number of H-pyrrole nitrogens is 1. The highest BCUT2D eigenvalue weighted by Crippen LogP contribution is 2.43. The van der Waals surface area contributed by atoms with Gasteiger partial charge in [-0.25, -0.2) is 9.97 Å². The van der Waals surface area contributed by atoms with Crippen LogP contribution in [0.3, 0.4) is 0 Å². The quantitative estimate of drug-likeness (QED) is 0.181. The van der Waals surface area contributed by atoms with Gasteiger partial charge < -0.3 is 9.40 Å². The zero-order valence-electron chi connectivity index (χ0n) is 38.1. The van der Waals surface area contributed by atoms with Crippen LogP contribution < -0.4 is 0 Å². The zero-order valence-corrected chi connectivity index (χ0v) is 38.1. The molecule has 0 atom stereocenters. The number of nitrogens with one attached hydrogen (secondary N) is 1. The molecule has 13 rings (SSSR count). The predicted octanol–water partition coefficient (Wildman–Crippen LogP) is 16.0. The van der Waals surface area contributed by atoms with Gasteiger partial charge in [-0.2, -0.15) is 0 Å². The molecule has 322 valence electrons. The first-order valence-corrected chi connectivity index (χ1v) is 23.1. The Morgan fingerprint density at radius 1 is 0.478 bits per heavy atom. The highest BCUT2D eigenvalue weighted by atomic mass is 16.3. The summed E-state index contributed by atoms with van der Waals surface area (Å²) in [7, 11) is 0. The van der Waals surface area contributed by atoms with E-state index in [2.05, 4.69) is 219 Å². The summed E-state index contributed by atoms with van der Waals surface area (Å²) in [5.41, 5.74) is 15.7. The average Bonchev–Trinajstić information content (AvgIpc) is 4.12. The van der Waals surface area contributed by atoms with Gasteiger partial charge in [0.05, 0.1) is 27.6 Å². The first-order valence-electron chi connectivity index (χ1n) is 23.1. The summed E-state index contributed by atoms with van der Waals surface area (Å²) in [6.07, 6.45) is 1.96. The van der Waals surface area contributed by atoms with E-state index in [0.29, 0.717) is 0 Å². The fraction of sp³-hybridized carbons (Fsp3) is 0.115. The topological polar surface area (TPSA) is 64.6 Å². The SMILES string of the molecule is CC(C)(C)c1ccc2c(c1)c1ccc(-c3cccc4c3nc(-c3cccc5c3[nH]c3ccccc35)n4-c3ccc4oc5ccccc5c4c3)cc1n2-c1cc(C(C)(C)c2ccccc2)ccn1. The van der Waals surface area contributed by atoms with Crippen LogP contribution in [0.2, 0.25) is 0 Å². The zero-order chi connectivity index (χ0) is 45.2. The molecule has 5 aromatic heterocycles. The van der Waals surface area contributed by atoms with E-state index in [9.17, 15) is 0 Å². The minimum Gasteiger partial charge on any atom is -0.456 e. The van der Waals surface area contributed by atoms with Crippen LogP contribution in [0.4, 0.5) is 0 Å². The lowest BCUT2D eigenvalue weighted by molar-refractivity contribution is 0.591. The Bertz CT molecular complexity index is 4120. The second kappa shape index (κ2) is 14.4. The van der Waals surface area contributed by atoms with Gasteiger partial charge in [-0.3, -0.25) is 9.13 Å². The van der Waals surface area contributed by atoms with E-state index >= 15 is 0 Å². The monoisotopic (exact) mass is 865 g/mol. The summed E-state index contributed by atoms with van der Waals surface area (Å²) in [6, 6.07) is 65.5. The molecular weight excluding hydrogens is 819 g/mol. The third kappa shape index (κ3) is 6.02. The van der Waals surface area contributed by atoms with Gasteiger partial charge in [-0.1, -0.05) is 144 Å². The van der Waals surface area contributed by atoms with Crippen LogP contribution in [-0.2, 0) is 10.8 Å². The molecular formula is C61H47N5O. The lowest BCUT2D eigenvalue weighted by atomic mass is 9.78. The smallest absolute Gasteiger partial charge is 0.147 e. The molecule has 8 aromatic carbocycles. The molecule has 0 amide bonds. The molecule has 0 aliphatic rings. The molecule has 1 N–H and O–H groups in total. The first-order chi connectivity index (χ1) is 32.6. The lowest BCUT2D eigenvalue weighted by Gasteiger charge is -2.26. The number of benzene rings is 8. The summed E-state index contributed by atoms with van der Waals surface area (Å²) in [4.78, 5) is 14.6. The molecule has 0 unspecified atom stereocenters. The van der Waals surface area contributed by atoms with E-state index in [1.54, 1.807) is 0 Å². The standard InChI is InChI=1S/C61H47N5O/c1-60(2,3)39-26-29-51-48(34-39)44-28-25-37(33-53(44)66(51)56-35-40(31-32-62-56)61(4,5)38-15-7-6-8-16-38)42-19-14-23-52-58(42)64-59(47-21-13-20-46-43-17-9-11-22-50(43)63-57(46)47)65(52)41-27-30-55-49(36-41)45-18-10-12-24-54(45)67-55/h6-36,63H,1-5H3. The van der Waals surface area contributed by atoms with Gasteiger partial charge in [0.1, 0.15) is 22.8 Å². The Kier molecular flexibility index (Phi) is 8.41. The molecule has 0 radical (unpaired) electrons. The number of hydrogen-bond donors (Lipinski definition) is 1. The third-order valence-corrected chi connectivity index (χ3v) is 14.2. The molecule has 0 saturated heterocycles. The molecule has 0 spiro atoms. The number of furan rings is 1. The fourth-order valence-electron chi connectivity index (χ4n) is 10.5. The summed E-state index contributed by atoms with van der Waals surface area (Å²) in [5, 5.41) is 6.91. The molecule has 0 aliphatic heterocycles. The largest absolute Gasteiger partial charge is 0.456 e. The Morgan fingerprint density at radius 3 is 2.10 bits per heavy atom. The minimum absolute atomic E-state index is 0.0149. The number of para-hydroxylation sites is 4. The number of rotatable bonds is 6. The van der Waals surface area contributed by atoms with Gasteiger partial charge in [0.2, 0.25) is 0 Å².